The van der Waals surface area contributed by atoms with E-state index < -0.39 is 0 Å². The van der Waals surface area contributed by atoms with Crippen LogP contribution in [-0.4, -0.2) is 21.4 Å². The van der Waals surface area contributed by atoms with Crippen molar-refractivity contribution in [2.45, 2.75) is 6.61 Å². The lowest BCUT2D eigenvalue weighted by atomic mass is 10.2. The van der Waals surface area contributed by atoms with Crippen LogP contribution in [0.25, 0.3) is 15.4 Å². The first-order chi connectivity index (χ1) is 12.4. The summed E-state index contributed by atoms with van der Waals surface area (Å²) in [6.45, 7) is 0.576. The lowest BCUT2D eigenvalue weighted by Crippen LogP contribution is -2.00. The normalized spacial score (nSPS) is 12.6. The third-order valence-electron chi connectivity index (χ3n) is 3.95. The zero-order valence-corrected chi connectivity index (χ0v) is 13.9. The van der Waals surface area contributed by atoms with Crippen LogP contribution < -0.4 is 14.2 Å². The standard InChI is InChI=1S/C18H13N3O3S/c1-2-4-12(5-3-1)16-9-21-17(19-20-18(21)25-16)10-22-13-6-7-14-15(8-13)24-11-23-14/h1-9H,10-11H2. The highest BCUT2D eigenvalue weighted by molar-refractivity contribution is 7.20. The molecule has 1 aliphatic rings. The minimum atomic E-state index is 0.251. The minimum Gasteiger partial charge on any atom is -0.485 e. The van der Waals surface area contributed by atoms with Crippen molar-refractivity contribution in [2.24, 2.45) is 0 Å². The Labute approximate surface area is 147 Å². The summed E-state index contributed by atoms with van der Waals surface area (Å²) in [6, 6.07) is 15.8. The van der Waals surface area contributed by atoms with E-state index in [9.17, 15) is 0 Å². The average molecular weight is 351 g/mol. The van der Waals surface area contributed by atoms with Crippen molar-refractivity contribution in [1.29, 1.82) is 0 Å². The molecule has 2 aromatic carbocycles. The summed E-state index contributed by atoms with van der Waals surface area (Å²) in [6.07, 6.45) is 2.05. The van der Waals surface area contributed by atoms with Gasteiger partial charge in [0.15, 0.2) is 17.3 Å². The molecule has 0 radical (unpaired) electrons. The molecule has 0 aliphatic carbocycles. The van der Waals surface area contributed by atoms with Crippen molar-refractivity contribution < 1.29 is 14.2 Å². The Morgan fingerprint density at radius 3 is 2.84 bits per heavy atom. The monoisotopic (exact) mass is 351 g/mol. The lowest BCUT2D eigenvalue weighted by molar-refractivity contribution is 0.173. The predicted molar refractivity (Wildman–Crippen MR) is 93.2 cm³/mol. The van der Waals surface area contributed by atoms with Crippen molar-refractivity contribution in [1.82, 2.24) is 14.6 Å². The number of hydrogen-bond acceptors (Lipinski definition) is 6. The maximum atomic E-state index is 5.84. The topological polar surface area (TPSA) is 57.9 Å². The van der Waals surface area contributed by atoms with Gasteiger partial charge in [-0.05, 0) is 17.7 Å². The molecule has 0 amide bonds. The summed E-state index contributed by atoms with van der Waals surface area (Å²) in [5.41, 5.74) is 1.17. The van der Waals surface area contributed by atoms with Crippen molar-refractivity contribution in [2.75, 3.05) is 6.79 Å². The fourth-order valence-electron chi connectivity index (χ4n) is 2.70. The van der Waals surface area contributed by atoms with Gasteiger partial charge in [-0.2, -0.15) is 0 Å². The Bertz CT molecular complexity index is 1040. The van der Waals surface area contributed by atoms with E-state index in [1.54, 1.807) is 11.3 Å². The predicted octanol–water partition coefficient (Wildman–Crippen LogP) is 3.77. The molecule has 124 valence electrons. The van der Waals surface area contributed by atoms with Gasteiger partial charge in [-0.25, -0.2) is 0 Å². The van der Waals surface area contributed by atoms with Crippen LogP contribution >= 0.6 is 11.3 Å². The molecular weight excluding hydrogens is 338 g/mol. The van der Waals surface area contributed by atoms with Crippen LogP contribution in [-0.2, 0) is 6.61 Å². The fourth-order valence-corrected chi connectivity index (χ4v) is 3.64. The van der Waals surface area contributed by atoms with Gasteiger partial charge in [0, 0.05) is 12.3 Å². The zero-order valence-electron chi connectivity index (χ0n) is 13.1. The van der Waals surface area contributed by atoms with Gasteiger partial charge in [0.2, 0.25) is 11.8 Å². The fraction of sp³-hybridized carbons (Fsp3) is 0.111. The second-order valence-corrected chi connectivity index (χ2v) is 6.54. The van der Waals surface area contributed by atoms with Gasteiger partial charge in [-0.15, -0.1) is 10.2 Å². The molecule has 0 saturated heterocycles. The number of nitrogens with zero attached hydrogens (tertiary/aromatic N) is 3. The molecule has 7 heteroatoms. The van der Waals surface area contributed by atoms with Crippen molar-refractivity contribution in [3.05, 3.63) is 60.6 Å². The molecule has 1 aliphatic heterocycles. The number of thiazole rings is 1. The highest BCUT2D eigenvalue weighted by Gasteiger charge is 2.15. The smallest absolute Gasteiger partial charge is 0.231 e. The summed E-state index contributed by atoms with van der Waals surface area (Å²) < 4.78 is 18.5. The van der Waals surface area contributed by atoms with Gasteiger partial charge in [-0.3, -0.25) is 4.40 Å². The van der Waals surface area contributed by atoms with E-state index in [4.69, 9.17) is 14.2 Å². The molecular formula is C18H13N3O3S. The number of aromatic nitrogens is 3. The number of benzene rings is 2. The van der Waals surface area contributed by atoms with E-state index in [1.165, 1.54) is 5.56 Å². The molecule has 0 spiro atoms. The lowest BCUT2D eigenvalue weighted by Gasteiger charge is -2.05. The first-order valence-electron chi connectivity index (χ1n) is 7.78. The average Bonchev–Trinajstić information content (AvgIpc) is 3.36. The van der Waals surface area contributed by atoms with E-state index in [1.807, 2.05) is 47.0 Å². The van der Waals surface area contributed by atoms with Crippen LogP contribution in [0.3, 0.4) is 0 Å². The molecule has 25 heavy (non-hydrogen) atoms. The molecule has 0 atom stereocenters. The van der Waals surface area contributed by atoms with Crippen LogP contribution in [0.4, 0.5) is 0 Å². The van der Waals surface area contributed by atoms with Gasteiger partial charge in [0.05, 0.1) is 4.88 Å². The highest BCUT2D eigenvalue weighted by Crippen LogP contribution is 2.35. The summed E-state index contributed by atoms with van der Waals surface area (Å²) in [5, 5.41) is 8.46. The third-order valence-corrected chi connectivity index (χ3v) is 4.97. The summed E-state index contributed by atoms with van der Waals surface area (Å²) in [5.74, 6) is 2.90. The Balaban J connectivity index is 1.39. The van der Waals surface area contributed by atoms with Gasteiger partial charge in [0.25, 0.3) is 0 Å². The van der Waals surface area contributed by atoms with Crippen LogP contribution in [0.5, 0.6) is 17.2 Å². The summed E-state index contributed by atoms with van der Waals surface area (Å²) in [7, 11) is 0. The maximum Gasteiger partial charge on any atom is 0.231 e. The number of hydrogen-bond donors (Lipinski definition) is 0. The first-order valence-corrected chi connectivity index (χ1v) is 8.60. The molecule has 0 N–H and O–H groups in total. The van der Waals surface area contributed by atoms with Gasteiger partial charge < -0.3 is 14.2 Å². The third kappa shape index (κ3) is 2.58. The van der Waals surface area contributed by atoms with E-state index in [0.29, 0.717) is 18.1 Å². The summed E-state index contributed by atoms with van der Waals surface area (Å²) >= 11 is 1.61. The van der Waals surface area contributed by atoms with Crippen molar-refractivity contribution in [3.63, 3.8) is 0 Å². The highest BCUT2D eigenvalue weighted by atomic mass is 32.1. The Morgan fingerprint density at radius 1 is 1.04 bits per heavy atom. The molecule has 0 unspecified atom stereocenters. The van der Waals surface area contributed by atoms with Crippen LogP contribution in [0.2, 0.25) is 0 Å². The SMILES string of the molecule is c1ccc(-c2cn3c(COc4ccc5c(c4)OCO5)nnc3s2)cc1. The van der Waals surface area contributed by atoms with Gasteiger partial charge in [0.1, 0.15) is 12.4 Å². The maximum absolute atomic E-state index is 5.84. The molecule has 0 fully saturated rings. The molecule has 0 bridgehead atoms. The Kier molecular flexibility index (Phi) is 3.31. The number of rotatable bonds is 4. The Morgan fingerprint density at radius 2 is 1.92 bits per heavy atom. The second-order valence-electron chi connectivity index (χ2n) is 5.53. The molecule has 0 saturated carbocycles. The van der Waals surface area contributed by atoms with E-state index in [0.717, 1.165) is 21.4 Å². The molecule has 6 nitrogen and oxygen atoms in total. The van der Waals surface area contributed by atoms with Crippen LogP contribution in [0, 0.1) is 0 Å². The van der Waals surface area contributed by atoms with Crippen molar-refractivity contribution >= 4 is 16.3 Å². The quantitative estimate of drug-likeness (QED) is 0.560. The Hall–Kier alpha value is -3.06. The molecule has 4 aromatic rings. The van der Waals surface area contributed by atoms with E-state index in [-0.39, 0.29) is 6.79 Å². The van der Waals surface area contributed by atoms with E-state index in [2.05, 4.69) is 22.3 Å². The van der Waals surface area contributed by atoms with E-state index >= 15 is 0 Å². The zero-order chi connectivity index (χ0) is 16.6. The molecule has 2 aromatic heterocycles. The van der Waals surface area contributed by atoms with Crippen molar-refractivity contribution in [3.8, 4) is 27.7 Å². The van der Waals surface area contributed by atoms with Gasteiger partial charge in [-0.1, -0.05) is 41.7 Å². The molecule has 5 rings (SSSR count). The van der Waals surface area contributed by atoms with Crippen LogP contribution in [0.1, 0.15) is 5.82 Å². The van der Waals surface area contributed by atoms with Gasteiger partial charge >= 0.3 is 0 Å². The number of fused-ring (bicyclic) bond motifs is 2. The second kappa shape index (κ2) is 5.78. The molecule has 3 heterocycles. The largest absolute Gasteiger partial charge is 0.485 e. The minimum absolute atomic E-state index is 0.251. The summed E-state index contributed by atoms with van der Waals surface area (Å²) in [4.78, 5) is 2.00. The first kappa shape index (κ1) is 14.3. The van der Waals surface area contributed by atoms with Crippen LogP contribution in [0.15, 0.2) is 54.7 Å². The number of ether oxygens (including phenoxy) is 3.